The van der Waals surface area contributed by atoms with E-state index >= 15 is 0 Å². The highest BCUT2D eigenvalue weighted by Crippen LogP contribution is 2.29. The molecule has 28 heavy (non-hydrogen) atoms. The predicted molar refractivity (Wildman–Crippen MR) is 111 cm³/mol. The van der Waals surface area contributed by atoms with Gasteiger partial charge in [0.15, 0.2) is 0 Å². The molecule has 146 valence electrons. The first-order valence-corrected chi connectivity index (χ1v) is 9.78. The number of aryl methyl sites for hydroxylation is 1. The Balaban J connectivity index is 1.55. The first-order valence-electron chi connectivity index (χ1n) is 9.78. The Labute approximate surface area is 166 Å². The highest BCUT2D eigenvalue weighted by atomic mass is 15.3. The minimum Gasteiger partial charge on any atom is -0.356 e. The summed E-state index contributed by atoms with van der Waals surface area (Å²) in [5.41, 5.74) is 2.24. The molecule has 0 amide bonds. The standard InChI is InChI=1S/C21H27N7/c1-16-13-19(25-21(24-16)26(2)3)27-11-4-5-18(15-27)20-23-10-12-28(20)14-17-6-8-22-9-7-17/h6-10,12-13,18H,4-5,11,14-15H2,1-3H3/t18-/m1/s1. The van der Waals surface area contributed by atoms with Crippen LogP contribution in [0.4, 0.5) is 11.8 Å². The molecule has 1 atom stereocenters. The third-order valence-corrected chi connectivity index (χ3v) is 5.19. The van der Waals surface area contributed by atoms with Crippen molar-refractivity contribution in [3.8, 4) is 0 Å². The van der Waals surface area contributed by atoms with Gasteiger partial charge in [0.05, 0.1) is 0 Å². The van der Waals surface area contributed by atoms with Crippen LogP contribution in [0.5, 0.6) is 0 Å². The van der Waals surface area contributed by atoms with Crippen molar-refractivity contribution in [1.82, 2.24) is 24.5 Å². The summed E-state index contributed by atoms with van der Waals surface area (Å²) in [5.74, 6) is 3.31. The van der Waals surface area contributed by atoms with E-state index in [0.717, 1.165) is 55.8 Å². The second-order valence-electron chi connectivity index (χ2n) is 7.62. The van der Waals surface area contributed by atoms with Gasteiger partial charge in [0.1, 0.15) is 11.6 Å². The molecule has 0 aromatic carbocycles. The van der Waals surface area contributed by atoms with E-state index in [1.54, 1.807) is 0 Å². The van der Waals surface area contributed by atoms with E-state index in [-0.39, 0.29) is 0 Å². The first-order chi connectivity index (χ1) is 13.6. The third kappa shape index (κ3) is 3.98. The van der Waals surface area contributed by atoms with Gasteiger partial charge in [-0.15, -0.1) is 0 Å². The maximum atomic E-state index is 4.77. The maximum absolute atomic E-state index is 4.77. The van der Waals surface area contributed by atoms with Gasteiger partial charge >= 0.3 is 0 Å². The predicted octanol–water partition coefficient (Wildman–Crippen LogP) is 2.87. The van der Waals surface area contributed by atoms with Crippen LogP contribution in [-0.4, -0.2) is 51.7 Å². The molecule has 1 saturated heterocycles. The van der Waals surface area contributed by atoms with Crippen LogP contribution in [0.3, 0.4) is 0 Å². The van der Waals surface area contributed by atoms with E-state index in [1.807, 2.05) is 44.5 Å². The van der Waals surface area contributed by atoms with Gasteiger partial charge in [0.25, 0.3) is 0 Å². The van der Waals surface area contributed by atoms with Crippen molar-refractivity contribution in [1.29, 1.82) is 0 Å². The fourth-order valence-corrected chi connectivity index (χ4v) is 3.79. The molecule has 0 aliphatic carbocycles. The highest BCUT2D eigenvalue weighted by molar-refractivity contribution is 5.46. The molecule has 4 heterocycles. The minimum absolute atomic E-state index is 0.392. The topological polar surface area (TPSA) is 63.0 Å². The molecule has 0 unspecified atom stereocenters. The SMILES string of the molecule is Cc1cc(N2CCC[C@@H](c3nccn3Cc3ccncc3)C2)nc(N(C)C)n1. The molecular formula is C21H27N7. The van der Waals surface area contributed by atoms with E-state index in [4.69, 9.17) is 9.97 Å². The van der Waals surface area contributed by atoms with Gasteiger partial charge in [-0.05, 0) is 37.5 Å². The van der Waals surface area contributed by atoms with Gasteiger partial charge in [0, 0.05) is 76.2 Å². The molecule has 1 fully saturated rings. The molecule has 4 rings (SSSR count). The number of rotatable bonds is 5. The summed E-state index contributed by atoms with van der Waals surface area (Å²) in [5, 5.41) is 0. The summed E-state index contributed by atoms with van der Waals surface area (Å²) >= 11 is 0. The van der Waals surface area contributed by atoms with Crippen LogP contribution in [0.2, 0.25) is 0 Å². The molecule has 7 nitrogen and oxygen atoms in total. The molecule has 3 aromatic rings. The van der Waals surface area contributed by atoms with Gasteiger partial charge in [0.2, 0.25) is 5.95 Å². The van der Waals surface area contributed by atoms with E-state index in [0.29, 0.717) is 5.92 Å². The summed E-state index contributed by atoms with van der Waals surface area (Å²) in [6.07, 6.45) is 9.95. The summed E-state index contributed by atoms with van der Waals surface area (Å²) in [4.78, 5) is 22.4. The zero-order valence-corrected chi connectivity index (χ0v) is 16.8. The molecular weight excluding hydrogens is 350 g/mol. The molecule has 3 aromatic heterocycles. The normalized spacial score (nSPS) is 17.0. The summed E-state index contributed by atoms with van der Waals surface area (Å²) in [7, 11) is 3.96. The second kappa shape index (κ2) is 7.96. The minimum atomic E-state index is 0.392. The van der Waals surface area contributed by atoms with Crippen LogP contribution in [0.1, 0.15) is 35.8 Å². The number of hydrogen-bond acceptors (Lipinski definition) is 6. The fraction of sp³-hybridized carbons (Fsp3) is 0.429. The lowest BCUT2D eigenvalue weighted by Crippen LogP contribution is -2.36. The summed E-state index contributed by atoms with van der Waals surface area (Å²) in [6, 6.07) is 6.20. The smallest absolute Gasteiger partial charge is 0.226 e. The van der Waals surface area contributed by atoms with Crippen molar-refractivity contribution < 1.29 is 0 Å². The lowest BCUT2D eigenvalue weighted by molar-refractivity contribution is 0.474. The Bertz CT molecular complexity index is 920. The quantitative estimate of drug-likeness (QED) is 0.681. The van der Waals surface area contributed by atoms with Gasteiger partial charge in [-0.3, -0.25) is 4.98 Å². The number of pyridine rings is 1. The Morgan fingerprint density at radius 2 is 1.96 bits per heavy atom. The Morgan fingerprint density at radius 1 is 1.14 bits per heavy atom. The number of nitrogens with zero attached hydrogens (tertiary/aromatic N) is 7. The first kappa shape index (κ1) is 18.4. The molecule has 7 heteroatoms. The van der Waals surface area contributed by atoms with E-state index in [9.17, 15) is 0 Å². The Kier molecular flexibility index (Phi) is 5.23. The molecule has 0 saturated carbocycles. The largest absolute Gasteiger partial charge is 0.356 e. The maximum Gasteiger partial charge on any atom is 0.226 e. The monoisotopic (exact) mass is 377 g/mol. The molecule has 0 N–H and O–H groups in total. The van der Waals surface area contributed by atoms with Gasteiger partial charge in [-0.1, -0.05) is 0 Å². The van der Waals surface area contributed by atoms with Gasteiger partial charge in [-0.2, -0.15) is 4.98 Å². The third-order valence-electron chi connectivity index (χ3n) is 5.19. The Hall–Kier alpha value is -2.96. The van der Waals surface area contributed by atoms with E-state index in [1.165, 1.54) is 5.56 Å². The van der Waals surface area contributed by atoms with Crippen molar-refractivity contribution in [2.45, 2.75) is 32.2 Å². The zero-order chi connectivity index (χ0) is 19.5. The van der Waals surface area contributed by atoms with E-state index in [2.05, 4.69) is 43.8 Å². The lowest BCUT2D eigenvalue weighted by Gasteiger charge is -2.34. The highest BCUT2D eigenvalue weighted by Gasteiger charge is 2.26. The van der Waals surface area contributed by atoms with Crippen LogP contribution >= 0.6 is 0 Å². The Morgan fingerprint density at radius 3 is 2.75 bits per heavy atom. The van der Waals surface area contributed by atoms with Crippen LogP contribution in [0, 0.1) is 6.92 Å². The number of aromatic nitrogens is 5. The van der Waals surface area contributed by atoms with Crippen molar-refractivity contribution in [2.24, 2.45) is 0 Å². The average Bonchev–Trinajstić information content (AvgIpc) is 3.16. The van der Waals surface area contributed by atoms with Crippen molar-refractivity contribution in [3.05, 3.63) is 60.1 Å². The van der Waals surface area contributed by atoms with Crippen LogP contribution in [0.15, 0.2) is 43.0 Å². The summed E-state index contributed by atoms with van der Waals surface area (Å²) < 4.78 is 2.26. The van der Waals surface area contributed by atoms with Crippen molar-refractivity contribution in [3.63, 3.8) is 0 Å². The lowest BCUT2D eigenvalue weighted by atomic mass is 9.97. The number of hydrogen-bond donors (Lipinski definition) is 0. The fourth-order valence-electron chi connectivity index (χ4n) is 3.79. The zero-order valence-electron chi connectivity index (χ0n) is 16.8. The average molecular weight is 377 g/mol. The van der Waals surface area contributed by atoms with Gasteiger partial charge in [-0.25, -0.2) is 9.97 Å². The number of anilines is 2. The van der Waals surface area contributed by atoms with Gasteiger partial charge < -0.3 is 14.4 Å². The molecule has 0 radical (unpaired) electrons. The van der Waals surface area contributed by atoms with Crippen LogP contribution in [-0.2, 0) is 6.54 Å². The molecule has 1 aliphatic rings. The van der Waals surface area contributed by atoms with Crippen LogP contribution < -0.4 is 9.80 Å². The summed E-state index contributed by atoms with van der Waals surface area (Å²) in [6.45, 7) is 4.80. The molecule has 0 spiro atoms. The second-order valence-corrected chi connectivity index (χ2v) is 7.62. The van der Waals surface area contributed by atoms with Crippen molar-refractivity contribution in [2.75, 3.05) is 37.0 Å². The van der Waals surface area contributed by atoms with E-state index < -0.39 is 0 Å². The molecule has 1 aliphatic heterocycles. The number of piperidine rings is 1. The van der Waals surface area contributed by atoms with Crippen molar-refractivity contribution >= 4 is 11.8 Å². The molecule has 0 bridgehead atoms. The number of imidazole rings is 1. The van der Waals surface area contributed by atoms with Crippen LogP contribution in [0.25, 0.3) is 0 Å².